The predicted molar refractivity (Wildman–Crippen MR) is 113 cm³/mol. The zero-order valence-corrected chi connectivity index (χ0v) is 17.1. The van der Waals surface area contributed by atoms with Crippen LogP contribution in [0.1, 0.15) is 10.4 Å². The molecule has 1 amide bonds. The second-order valence-corrected chi connectivity index (χ2v) is 8.61. The molecule has 3 aromatic rings. The van der Waals surface area contributed by atoms with Gasteiger partial charge < -0.3 is 5.32 Å². The first-order chi connectivity index (χ1) is 13.3. The van der Waals surface area contributed by atoms with E-state index in [9.17, 15) is 13.2 Å². The SMILES string of the molecule is CN(c1ccccc1C(=O)Nc1cccc(Cl)c1Cl)S(=O)(=O)c1ccccc1. The summed E-state index contributed by atoms with van der Waals surface area (Å²) in [5, 5.41) is 3.19. The molecule has 0 aliphatic carbocycles. The van der Waals surface area contributed by atoms with Gasteiger partial charge in [0.1, 0.15) is 0 Å². The van der Waals surface area contributed by atoms with E-state index in [0.717, 1.165) is 4.31 Å². The van der Waals surface area contributed by atoms with Crippen LogP contribution in [-0.4, -0.2) is 21.4 Å². The average molecular weight is 435 g/mol. The molecule has 0 bridgehead atoms. The van der Waals surface area contributed by atoms with Crippen LogP contribution in [0.15, 0.2) is 77.7 Å². The number of para-hydroxylation sites is 1. The minimum Gasteiger partial charge on any atom is -0.321 e. The van der Waals surface area contributed by atoms with Gasteiger partial charge in [0.05, 0.1) is 31.9 Å². The van der Waals surface area contributed by atoms with Crippen LogP contribution in [0.2, 0.25) is 10.0 Å². The molecule has 144 valence electrons. The lowest BCUT2D eigenvalue weighted by atomic mass is 10.1. The van der Waals surface area contributed by atoms with E-state index in [1.54, 1.807) is 60.7 Å². The van der Waals surface area contributed by atoms with Crippen LogP contribution in [0.5, 0.6) is 0 Å². The van der Waals surface area contributed by atoms with Crippen molar-refractivity contribution in [2.45, 2.75) is 4.90 Å². The molecule has 0 aliphatic heterocycles. The highest BCUT2D eigenvalue weighted by atomic mass is 35.5. The smallest absolute Gasteiger partial charge is 0.264 e. The summed E-state index contributed by atoms with van der Waals surface area (Å²) < 4.78 is 26.9. The van der Waals surface area contributed by atoms with E-state index in [0.29, 0.717) is 10.7 Å². The molecule has 3 aromatic carbocycles. The molecule has 0 atom stereocenters. The fourth-order valence-corrected chi connectivity index (χ4v) is 4.19. The molecule has 0 saturated heterocycles. The van der Waals surface area contributed by atoms with Gasteiger partial charge >= 0.3 is 0 Å². The first-order valence-electron chi connectivity index (χ1n) is 8.20. The van der Waals surface area contributed by atoms with Gasteiger partial charge in [0.2, 0.25) is 0 Å². The van der Waals surface area contributed by atoms with E-state index >= 15 is 0 Å². The first-order valence-corrected chi connectivity index (χ1v) is 10.4. The molecule has 0 unspecified atom stereocenters. The van der Waals surface area contributed by atoms with Crippen molar-refractivity contribution in [2.75, 3.05) is 16.7 Å². The van der Waals surface area contributed by atoms with Gasteiger partial charge in [-0.05, 0) is 36.4 Å². The Balaban J connectivity index is 1.97. The molecule has 0 spiro atoms. The third kappa shape index (κ3) is 3.99. The third-order valence-corrected chi connectivity index (χ3v) is 6.69. The fraction of sp³-hybridized carbons (Fsp3) is 0.0500. The average Bonchev–Trinajstić information content (AvgIpc) is 2.71. The summed E-state index contributed by atoms with van der Waals surface area (Å²) >= 11 is 12.1. The third-order valence-electron chi connectivity index (χ3n) is 4.09. The number of anilines is 2. The van der Waals surface area contributed by atoms with Crippen molar-refractivity contribution in [3.05, 3.63) is 88.4 Å². The van der Waals surface area contributed by atoms with Crippen molar-refractivity contribution in [1.29, 1.82) is 0 Å². The van der Waals surface area contributed by atoms with Gasteiger partial charge in [-0.25, -0.2) is 8.42 Å². The lowest BCUT2D eigenvalue weighted by Gasteiger charge is -2.22. The Hall–Kier alpha value is -2.54. The zero-order chi connectivity index (χ0) is 20.3. The van der Waals surface area contributed by atoms with E-state index in [1.165, 1.54) is 19.2 Å². The van der Waals surface area contributed by atoms with Crippen molar-refractivity contribution in [2.24, 2.45) is 0 Å². The number of nitrogens with zero attached hydrogens (tertiary/aromatic N) is 1. The van der Waals surface area contributed by atoms with Gasteiger partial charge in [0.25, 0.3) is 15.9 Å². The summed E-state index contributed by atoms with van der Waals surface area (Å²) in [6.07, 6.45) is 0. The molecule has 0 fully saturated rings. The number of hydrogen-bond donors (Lipinski definition) is 1. The molecule has 3 rings (SSSR count). The molecule has 5 nitrogen and oxygen atoms in total. The molecule has 0 heterocycles. The minimum atomic E-state index is -3.83. The summed E-state index contributed by atoms with van der Waals surface area (Å²) in [5.41, 5.74) is 0.755. The van der Waals surface area contributed by atoms with Gasteiger partial charge in [-0.15, -0.1) is 0 Å². The molecular formula is C20H16Cl2N2O3S. The Kier molecular flexibility index (Phi) is 5.93. The monoisotopic (exact) mass is 434 g/mol. The Morgan fingerprint density at radius 3 is 2.25 bits per heavy atom. The topological polar surface area (TPSA) is 66.5 Å². The summed E-state index contributed by atoms with van der Waals surface area (Å²) in [4.78, 5) is 13.0. The Morgan fingerprint density at radius 1 is 0.893 bits per heavy atom. The van der Waals surface area contributed by atoms with Gasteiger partial charge in [-0.3, -0.25) is 9.10 Å². The summed E-state index contributed by atoms with van der Waals surface area (Å²) in [5.74, 6) is -0.505. The van der Waals surface area contributed by atoms with E-state index in [2.05, 4.69) is 5.32 Å². The van der Waals surface area contributed by atoms with Gasteiger partial charge in [0, 0.05) is 7.05 Å². The molecule has 0 aliphatic rings. The van der Waals surface area contributed by atoms with Crippen molar-refractivity contribution in [3.63, 3.8) is 0 Å². The lowest BCUT2D eigenvalue weighted by molar-refractivity contribution is 0.102. The van der Waals surface area contributed by atoms with Crippen LogP contribution in [0.4, 0.5) is 11.4 Å². The normalized spacial score (nSPS) is 11.1. The van der Waals surface area contributed by atoms with Crippen LogP contribution in [0.25, 0.3) is 0 Å². The number of halogens is 2. The molecule has 1 N–H and O–H groups in total. The number of benzene rings is 3. The maximum atomic E-state index is 12.9. The molecule has 0 radical (unpaired) electrons. The zero-order valence-electron chi connectivity index (χ0n) is 14.8. The van der Waals surface area contributed by atoms with Crippen LogP contribution in [0.3, 0.4) is 0 Å². The number of rotatable bonds is 5. The summed E-state index contributed by atoms with van der Waals surface area (Å²) in [7, 11) is -2.43. The Morgan fingerprint density at radius 2 is 1.54 bits per heavy atom. The maximum Gasteiger partial charge on any atom is 0.264 e. The van der Waals surface area contributed by atoms with Crippen molar-refractivity contribution in [3.8, 4) is 0 Å². The van der Waals surface area contributed by atoms with Crippen LogP contribution >= 0.6 is 23.2 Å². The molecule has 0 saturated carbocycles. The van der Waals surface area contributed by atoms with Gasteiger partial charge in [-0.2, -0.15) is 0 Å². The number of amides is 1. The predicted octanol–water partition coefficient (Wildman–Crippen LogP) is 5.07. The molecule has 0 aromatic heterocycles. The van der Waals surface area contributed by atoms with Gasteiger partial charge in [-0.1, -0.05) is 59.6 Å². The van der Waals surface area contributed by atoms with E-state index in [1.807, 2.05) is 0 Å². The highest BCUT2D eigenvalue weighted by Crippen LogP contribution is 2.31. The molecular weight excluding hydrogens is 419 g/mol. The van der Waals surface area contributed by atoms with E-state index in [-0.39, 0.29) is 21.2 Å². The van der Waals surface area contributed by atoms with E-state index < -0.39 is 15.9 Å². The second kappa shape index (κ2) is 8.22. The Bertz CT molecular complexity index is 1120. The van der Waals surface area contributed by atoms with E-state index in [4.69, 9.17) is 23.2 Å². The van der Waals surface area contributed by atoms with Gasteiger partial charge in [0.15, 0.2) is 0 Å². The number of sulfonamides is 1. The van der Waals surface area contributed by atoms with Crippen LogP contribution < -0.4 is 9.62 Å². The summed E-state index contributed by atoms with van der Waals surface area (Å²) in [6, 6.07) is 19.3. The second-order valence-electron chi connectivity index (χ2n) is 5.86. The van der Waals surface area contributed by atoms with Crippen LogP contribution in [0, 0.1) is 0 Å². The quantitative estimate of drug-likeness (QED) is 0.609. The maximum absolute atomic E-state index is 12.9. The highest BCUT2D eigenvalue weighted by molar-refractivity contribution is 7.92. The molecule has 28 heavy (non-hydrogen) atoms. The highest BCUT2D eigenvalue weighted by Gasteiger charge is 2.25. The number of hydrogen-bond acceptors (Lipinski definition) is 3. The largest absolute Gasteiger partial charge is 0.321 e. The van der Waals surface area contributed by atoms with Crippen molar-refractivity contribution < 1.29 is 13.2 Å². The van der Waals surface area contributed by atoms with Crippen molar-refractivity contribution in [1.82, 2.24) is 0 Å². The number of nitrogens with one attached hydrogen (secondary N) is 1. The standard InChI is InChI=1S/C20H16Cl2N2O3S/c1-24(28(26,27)14-8-3-2-4-9-14)18-13-6-5-10-15(18)20(25)23-17-12-7-11-16(21)19(17)22/h2-13H,1H3,(H,23,25). The first kappa shape index (κ1) is 20.2. The Labute approximate surface area is 173 Å². The number of carbonyl (C=O) groups excluding carboxylic acids is 1. The fourth-order valence-electron chi connectivity index (χ4n) is 2.61. The summed E-state index contributed by atoms with van der Waals surface area (Å²) in [6.45, 7) is 0. The van der Waals surface area contributed by atoms with Crippen molar-refractivity contribution >= 4 is 50.5 Å². The minimum absolute atomic E-state index is 0.130. The number of carbonyl (C=O) groups is 1. The molecule has 8 heteroatoms. The lowest BCUT2D eigenvalue weighted by Crippen LogP contribution is -2.29. The van der Waals surface area contributed by atoms with Crippen LogP contribution in [-0.2, 0) is 10.0 Å².